The maximum atomic E-state index is 13.7. The fraction of sp³-hybridized carbons (Fsp3) is 0.0714. The predicted molar refractivity (Wildman–Crippen MR) is 75.0 cm³/mol. The molecule has 0 heterocycles. The van der Waals surface area contributed by atoms with Gasteiger partial charge in [-0.3, -0.25) is 4.79 Å². The predicted octanol–water partition coefficient (Wildman–Crippen LogP) is 3.34. The molecule has 0 aliphatic heterocycles. The number of anilines is 2. The van der Waals surface area contributed by atoms with E-state index in [4.69, 9.17) is 17.3 Å². The topological polar surface area (TPSA) is 46.3 Å². The summed E-state index contributed by atoms with van der Waals surface area (Å²) >= 11 is 5.66. The average molecular weight is 279 g/mol. The lowest BCUT2D eigenvalue weighted by atomic mass is 10.1. The van der Waals surface area contributed by atoms with Gasteiger partial charge in [0.2, 0.25) is 0 Å². The third kappa shape index (κ3) is 2.85. The molecule has 2 aromatic rings. The molecule has 0 aromatic heterocycles. The first kappa shape index (κ1) is 13.4. The number of nitrogens with two attached hydrogens (primary N) is 1. The van der Waals surface area contributed by atoms with E-state index in [0.29, 0.717) is 11.4 Å². The molecule has 0 aliphatic carbocycles. The van der Waals surface area contributed by atoms with Gasteiger partial charge in [0.25, 0.3) is 5.91 Å². The molecule has 2 rings (SSSR count). The fourth-order valence-electron chi connectivity index (χ4n) is 1.66. The number of carbonyl (C=O) groups is 1. The largest absolute Gasteiger partial charge is 0.399 e. The molecular formula is C14H12ClFN2O. The van der Waals surface area contributed by atoms with Crippen LogP contribution in [0.1, 0.15) is 10.4 Å². The smallest absolute Gasteiger partial charge is 0.260 e. The van der Waals surface area contributed by atoms with Crippen molar-refractivity contribution in [3.63, 3.8) is 0 Å². The van der Waals surface area contributed by atoms with Crippen LogP contribution in [0.4, 0.5) is 15.8 Å². The summed E-state index contributed by atoms with van der Waals surface area (Å²) < 4.78 is 13.7. The normalized spacial score (nSPS) is 10.3. The van der Waals surface area contributed by atoms with Gasteiger partial charge in [-0.1, -0.05) is 11.6 Å². The molecule has 0 spiro atoms. The lowest BCUT2D eigenvalue weighted by molar-refractivity contribution is 0.0989. The molecule has 0 atom stereocenters. The van der Waals surface area contributed by atoms with Gasteiger partial charge in [0.1, 0.15) is 5.82 Å². The van der Waals surface area contributed by atoms with E-state index < -0.39 is 11.7 Å². The minimum Gasteiger partial charge on any atom is -0.399 e. The van der Waals surface area contributed by atoms with E-state index in [-0.39, 0.29) is 10.6 Å². The Morgan fingerprint density at radius 2 is 1.84 bits per heavy atom. The van der Waals surface area contributed by atoms with Crippen molar-refractivity contribution in [2.75, 3.05) is 17.7 Å². The second kappa shape index (κ2) is 5.28. The Labute approximate surface area is 115 Å². The van der Waals surface area contributed by atoms with E-state index in [1.165, 1.54) is 17.0 Å². The molecule has 5 heteroatoms. The van der Waals surface area contributed by atoms with E-state index in [2.05, 4.69) is 0 Å². The summed E-state index contributed by atoms with van der Waals surface area (Å²) in [5, 5.41) is 0.254. The molecular weight excluding hydrogens is 267 g/mol. The van der Waals surface area contributed by atoms with Crippen LogP contribution in [0.25, 0.3) is 0 Å². The number of carbonyl (C=O) groups excluding carboxylic acids is 1. The fourth-order valence-corrected chi connectivity index (χ4v) is 1.82. The highest BCUT2D eigenvalue weighted by atomic mass is 35.5. The molecule has 0 fully saturated rings. The minimum absolute atomic E-state index is 0.0243. The van der Waals surface area contributed by atoms with Crippen LogP contribution >= 0.6 is 11.6 Å². The standard InChI is InChI=1S/C14H12ClFN2O/c1-18(11-5-3-10(17)4-6-11)14(19)12-7-2-9(15)8-13(12)16/h2-8H,17H2,1H3. The van der Waals surface area contributed by atoms with E-state index in [9.17, 15) is 9.18 Å². The number of nitrogen functional groups attached to an aromatic ring is 1. The summed E-state index contributed by atoms with van der Waals surface area (Å²) in [7, 11) is 1.57. The number of hydrogen-bond donors (Lipinski definition) is 1. The van der Waals surface area contributed by atoms with Gasteiger partial charge in [-0.25, -0.2) is 4.39 Å². The molecule has 0 saturated carbocycles. The second-order valence-electron chi connectivity index (χ2n) is 4.08. The molecule has 0 saturated heterocycles. The highest BCUT2D eigenvalue weighted by molar-refractivity contribution is 6.30. The van der Waals surface area contributed by atoms with Gasteiger partial charge in [0.05, 0.1) is 5.56 Å². The van der Waals surface area contributed by atoms with Crippen molar-refractivity contribution in [1.82, 2.24) is 0 Å². The third-order valence-electron chi connectivity index (χ3n) is 2.75. The Hall–Kier alpha value is -2.07. The van der Waals surface area contributed by atoms with Gasteiger partial charge in [-0.05, 0) is 42.5 Å². The first-order valence-corrected chi connectivity index (χ1v) is 5.95. The van der Waals surface area contributed by atoms with E-state index >= 15 is 0 Å². The maximum absolute atomic E-state index is 13.7. The molecule has 98 valence electrons. The van der Waals surface area contributed by atoms with Crippen molar-refractivity contribution < 1.29 is 9.18 Å². The lowest BCUT2D eigenvalue weighted by Crippen LogP contribution is -2.27. The summed E-state index contributed by atoms with van der Waals surface area (Å²) in [5.41, 5.74) is 6.78. The Morgan fingerprint density at radius 3 is 2.42 bits per heavy atom. The van der Waals surface area contributed by atoms with Crippen LogP contribution in [-0.2, 0) is 0 Å². The molecule has 0 radical (unpaired) electrons. The number of hydrogen-bond acceptors (Lipinski definition) is 2. The molecule has 0 aliphatic rings. The van der Waals surface area contributed by atoms with Crippen LogP contribution in [0.3, 0.4) is 0 Å². The zero-order valence-corrected chi connectivity index (χ0v) is 11.0. The zero-order chi connectivity index (χ0) is 14.0. The van der Waals surface area contributed by atoms with Crippen molar-refractivity contribution in [1.29, 1.82) is 0 Å². The quantitative estimate of drug-likeness (QED) is 0.857. The van der Waals surface area contributed by atoms with Gasteiger partial charge < -0.3 is 10.6 Å². The van der Waals surface area contributed by atoms with Gasteiger partial charge >= 0.3 is 0 Å². The SMILES string of the molecule is CN(C(=O)c1ccc(Cl)cc1F)c1ccc(N)cc1. The number of rotatable bonds is 2. The highest BCUT2D eigenvalue weighted by Crippen LogP contribution is 2.20. The Kier molecular flexibility index (Phi) is 3.71. The average Bonchev–Trinajstić information content (AvgIpc) is 2.38. The Morgan fingerprint density at radius 1 is 1.21 bits per heavy atom. The van der Waals surface area contributed by atoms with Crippen LogP contribution in [0.15, 0.2) is 42.5 Å². The highest BCUT2D eigenvalue weighted by Gasteiger charge is 2.17. The minimum atomic E-state index is -0.639. The van der Waals surface area contributed by atoms with Gasteiger partial charge in [-0.15, -0.1) is 0 Å². The Bertz CT molecular complexity index is 613. The molecule has 0 bridgehead atoms. The second-order valence-corrected chi connectivity index (χ2v) is 4.52. The van der Waals surface area contributed by atoms with Crippen molar-refractivity contribution in [2.45, 2.75) is 0 Å². The first-order valence-electron chi connectivity index (χ1n) is 5.57. The summed E-state index contributed by atoms with van der Waals surface area (Å²) in [6.07, 6.45) is 0. The first-order chi connectivity index (χ1) is 8.99. The van der Waals surface area contributed by atoms with Crippen LogP contribution in [0, 0.1) is 5.82 Å². The number of halogens is 2. The van der Waals surface area contributed by atoms with Crippen molar-refractivity contribution in [3.05, 3.63) is 58.9 Å². The molecule has 19 heavy (non-hydrogen) atoms. The Balaban J connectivity index is 2.30. The summed E-state index contributed by atoms with van der Waals surface area (Å²) in [6, 6.07) is 10.7. The van der Waals surface area contributed by atoms with E-state index in [0.717, 1.165) is 6.07 Å². The van der Waals surface area contributed by atoms with Gasteiger partial charge in [-0.2, -0.15) is 0 Å². The molecule has 1 amide bonds. The molecule has 3 nitrogen and oxygen atoms in total. The number of benzene rings is 2. The van der Waals surface area contributed by atoms with Crippen LogP contribution < -0.4 is 10.6 Å². The van der Waals surface area contributed by atoms with Crippen LogP contribution in [-0.4, -0.2) is 13.0 Å². The monoisotopic (exact) mass is 278 g/mol. The zero-order valence-electron chi connectivity index (χ0n) is 10.2. The lowest BCUT2D eigenvalue weighted by Gasteiger charge is -2.18. The van der Waals surface area contributed by atoms with E-state index in [1.54, 1.807) is 31.3 Å². The van der Waals surface area contributed by atoms with Gasteiger partial charge in [0, 0.05) is 23.4 Å². The van der Waals surface area contributed by atoms with Crippen LogP contribution in [0.2, 0.25) is 5.02 Å². The van der Waals surface area contributed by atoms with Crippen LogP contribution in [0.5, 0.6) is 0 Å². The van der Waals surface area contributed by atoms with Crippen molar-refractivity contribution >= 4 is 28.9 Å². The summed E-state index contributed by atoms with van der Waals surface area (Å²) in [6.45, 7) is 0. The van der Waals surface area contributed by atoms with Gasteiger partial charge in [0.15, 0.2) is 0 Å². The summed E-state index contributed by atoms with van der Waals surface area (Å²) in [4.78, 5) is 13.5. The number of nitrogens with zero attached hydrogens (tertiary/aromatic N) is 1. The molecule has 2 N–H and O–H groups in total. The third-order valence-corrected chi connectivity index (χ3v) is 2.98. The van der Waals surface area contributed by atoms with Crippen molar-refractivity contribution in [3.8, 4) is 0 Å². The number of amides is 1. The summed E-state index contributed by atoms with van der Waals surface area (Å²) in [5.74, 6) is -1.08. The molecule has 0 unspecified atom stereocenters. The molecule has 2 aromatic carbocycles. The maximum Gasteiger partial charge on any atom is 0.260 e. The van der Waals surface area contributed by atoms with E-state index in [1.807, 2.05) is 0 Å². The van der Waals surface area contributed by atoms with Crippen molar-refractivity contribution in [2.24, 2.45) is 0 Å².